The van der Waals surface area contributed by atoms with Gasteiger partial charge in [-0.2, -0.15) is 0 Å². The molecule has 1 fully saturated rings. The highest BCUT2D eigenvalue weighted by Gasteiger charge is 2.21. The number of piperazine rings is 1. The highest BCUT2D eigenvalue weighted by atomic mass is 19.1. The number of amides is 2. The molecule has 0 spiro atoms. The molecule has 0 radical (unpaired) electrons. The first-order valence-corrected chi connectivity index (χ1v) is 8.30. The van der Waals surface area contributed by atoms with Gasteiger partial charge in [-0.3, -0.25) is 4.90 Å². The third-order valence-corrected chi connectivity index (χ3v) is 4.36. The standard InChI is InChI=1S/C19H21F2N3O/c1-14-2-4-15(5-3-14)13-23-8-10-24(11-9-23)19(25)22-18-7-6-16(20)12-17(18)21/h2-7,12H,8-11,13H2,1H3,(H,22,25). The van der Waals surface area contributed by atoms with E-state index in [4.69, 9.17) is 0 Å². The Kier molecular flexibility index (Phi) is 5.28. The predicted octanol–water partition coefficient (Wildman–Crippen LogP) is 3.62. The Hall–Kier alpha value is -2.47. The summed E-state index contributed by atoms with van der Waals surface area (Å²) in [6.07, 6.45) is 0. The Labute approximate surface area is 146 Å². The number of carbonyl (C=O) groups is 1. The summed E-state index contributed by atoms with van der Waals surface area (Å²) in [5.74, 6) is -1.44. The fourth-order valence-electron chi connectivity index (χ4n) is 2.85. The van der Waals surface area contributed by atoms with Gasteiger partial charge in [-0.15, -0.1) is 0 Å². The Morgan fingerprint density at radius 1 is 1.04 bits per heavy atom. The third kappa shape index (κ3) is 4.54. The summed E-state index contributed by atoms with van der Waals surface area (Å²) in [7, 11) is 0. The van der Waals surface area contributed by atoms with E-state index in [9.17, 15) is 13.6 Å². The lowest BCUT2D eigenvalue weighted by molar-refractivity contribution is 0.143. The molecule has 0 atom stereocenters. The normalized spacial score (nSPS) is 15.2. The lowest BCUT2D eigenvalue weighted by Crippen LogP contribution is -2.49. The molecule has 4 nitrogen and oxygen atoms in total. The van der Waals surface area contributed by atoms with E-state index in [1.165, 1.54) is 17.2 Å². The van der Waals surface area contributed by atoms with Crippen molar-refractivity contribution < 1.29 is 13.6 Å². The van der Waals surface area contributed by atoms with Crippen LogP contribution in [0.2, 0.25) is 0 Å². The first-order valence-electron chi connectivity index (χ1n) is 8.30. The van der Waals surface area contributed by atoms with Gasteiger partial charge >= 0.3 is 6.03 Å². The smallest absolute Gasteiger partial charge is 0.322 e. The number of urea groups is 1. The average molecular weight is 345 g/mol. The van der Waals surface area contributed by atoms with Crippen LogP contribution >= 0.6 is 0 Å². The number of aryl methyl sites for hydroxylation is 1. The van der Waals surface area contributed by atoms with Gasteiger partial charge in [0.05, 0.1) is 5.69 Å². The quantitative estimate of drug-likeness (QED) is 0.922. The number of carbonyl (C=O) groups excluding carboxylic acids is 1. The molecule has 0 unspecified atom stereocenters. The van der Waals surface area contributed by atoms with Crippen molar-refractivity contribution in [3.63, 3.8) is 0 Å². The zero-order chi connectivity index (χ0) is 17.8. The van der Waals surface area contributed by atoms with Gasteiger partial charge in [0.2, 0.25) is 0 Å². The molecular weight excluding hydrogens is 324 g/mol. The van der Waals surface area contributed by atoms with E-state index in [2.05, 4.69) is 41.4 Å². The molecule has 1 heterocycles. The van der Waals surface area contributed by atoms with Crippen molar-refractivity contribution in [1.82, 2.24) is 9.80 Å². The Morgan fingerprint density at radius 3 is 2.36 bits per heavy atom. The van der Waals surface area contributed by atoms with Crippen LogP contribution in [0.3, 0.4) is 0 Å². The van der Waals surface area contributed by atoms with E-state index >= 15 is 0 Å². The molecule has 1 aliphatic rings. The molecule has 1 aliphatic heterocycles. The van der Waals surface area contributed by atoms with Crippen LogP contribution in [0.15, 0.2) is 42.5 Å². The average Bonchev–Trinajstić information content (AvgIpc) is 2.60. The highest BCUT2D eigenvalue weighted by Crippen LogP contribution is 2.16. The molecule has 25 heavy (non-hydrogen) atoms. The van der Waals surface area contributed by atoms with E-state index in [1.807, 2.05) is 0 Å². The maximum Gasteiger partial charge on any atom is 0.322 e. The van der Waals surface area contributed by atoms with Crippen molar-refractivity contribution in [1.29, 1.82) is 0 Å². The minimum atomic E-state index is -0.772. The summed E-state index contributed by atoms with van der Waals surface area (Å²) in [6.45, 7) is 5.56. The fourth-order valence-corrected chi connectivity index (χ4v) is 2.85. The van der Waals surface area contributed by atoms with E-state index in [-0.39, 0.29) is 11.7 Å². The molecule has 3 rings (SSSR count). The lowest BCUT2D eigenvalue weighted by atomic mass is 10.1. The largest absolute Gasteiger partial charge is 0.322 e. The van der Waals surface area contributed by atoms with Gasteiger partial charge in [-0.1, -0.05) is 29.8 Å². The van der Waals surface area contributed by atoms with Gasteiger partial charge in [0.1, 0.15) is 11.6 Å². The van der Waals surface area contributed by atoms with Crippen LogP contribution in [0.5, 0.6) is 0 Å². The van der Waals surface area contributed by atoms with Gasteiger partial charge in [-0.05, 0) is 24.6 Å². The van der Waals surface area contributed by atoms with Crippen molar-refractivity contribution in [3.8, 4) is 0 Å². The highest BCUT2D eigenvalue weighted by molar-refractivity contribution is 5.89. The minimum absolute atomic E-state index is 0.00603. The number of rotatable bonds is 3. The minimum Gasteiger partial charge on any atom is -0.322 e. The number of nitrogens with one attached hydrogen (secondary N) is 1. The third-order valence-electron chi connectivity index (χ3n) is 4.36. The molecule has 0 aliphatic carbocycles. The van der Waals surface area contributed by atoms with Crippen LogP contribution in [0, 0.1) is 18.6 Å². The van der Waals surface area contributed by atoms with Crippen LogP contribution in [0.4, 0.5) is 19.3 Å². The van der Waals surface area contributed by atoms with E-state index in [0.717, 1.165) is 31.8 Å². The van der Waals surface area contributed by atoms with Crippen molar-refractivity contribution in [3.05, 3.63) is 65.2 Å². The van der Waals surface area contributed by atoms with Crippen molar-refractivity contribution in [2.75, 3.05) is 31.5 Å². The van der Waals surface area contributed by atoms with Crippen LogP contribution in [-0.4, -0.2) is 42.0 Å². The summed E-state index contributed by atoms with van der Waals surface area (Å²) < 4.78 is 26.5. The number of benzene rings is 2. The van der Waals surface area contributed by atoms with Gasteiger partial charge < -0.3 is 10.2 Å². The molecule has 6 heteroatoms. The second kappa shape index (κ2) is 7.61. The topological polar surface area (TPSA) is 35.6 Å². The van der Waals surface area contributed by atoms with Gasteiger partial charge in [0, 0.05) is 38.8 Å². The first-order chi connectivity index (χ1) is 12.0. The second-order valence-electron chi connectivity index (χ2n) is 6.30. The van der Waals surface area contributed by atoms with Crippen molar-refractivity contribution >= 4 is 11.7 Å². The Balaban J connectivity index is 1.51. The van der Waals surface area contributed by atoms with Crippen molar-refractivity contribution in [2.45, 2.75) is 13.5 Å². The molecule has 2 aromatic rings. The number of hydrogen-bond acceptors (Lipinski definition) is 2. The molecule has 2 amide bonds. The number of anilines is 1. The Bertz CT molecular complexity index is 741. The van der Waals surface area contributed by atoms with E-state index in [0.29, 0.717) is 13.1 Å². The summed E-state index contributed by atoms with van der Waals surface area (Å²) in [5.41, 5.74) is 2.48. The predicted molar refractivity (Wildman–Crippen MR) is 93.4 cm³/mol. The van der Waals surface area contributed by atoms with E-state index < -0.39 is 11.6 Å². The molecule has 0 bridgehead atoms. The first kappa shape index (κ1) is 17.4. The molecule has 0 aromatic heterocycles. The van der Waals surface area contributed by atoms with Crippen LogP contribution in [-0.2, 0) is 6.54 Å². The molecule has 0 saturated carbocycles. The van der Waals surface area contributed by atoms with Gasteiger partial charge in [0.25, 0.3) is 0 Å². The maximum absolute atomic E-state index is 13.6. The lowest BCUT2D eigenvalue weighted by Gasteiger charge is -2.34. The van der Waals surface area contributed by atoms with Crippen LogP contribution < -0.4 is 5.32 Å². The number of hydrogen-bond donors (Lipinski definition) is 1. The monoisotopic (exact) mass is 345 g/mol. The summed E-state index contributed by atoms with van der Waals surface area (Å²) >= 11 is 0. The fraction of sp³-hybridized carbons (Fsp3) is 0.316. The summed E-state index contributed by atoms with van der Waals surface area (Å²) in [4.78, 5) is 16.2. The van der Waals surface area contributed by atoms with Crippen LogP contribution in [0.25, 0.3) is 0 Å². The van der Waals surface area contributed by atoms with Crippen LogP contribution in [0.1, 0.15) is 11.1 Å². The van der Waals surface area contributed by atoms with E-state index in [1.54, 1.807) is 4.90 Å². The van der Waals surface area contributed by atoms with Crippen molar-refractivity contribution in [2.24, 2.45) is 0 Å². The number of nitrogens with zero attached hydrogens (tertiary/aromatic N) is 2. The zero-order valence-corrected chi connectivity index (χ0v) is 14.1. The molecular formula is C19H21F2N3O. The SMILES string of the molecule is Cc1ccc(CN2CCN(C(=O)Nc3ccc(F)cc3F)CC2)cc1. The molecule has 1 N–H and O–H groups in total. The van der Waals surface area contributed by atoms with Gasteiger partial charge in [-0.25, -0.2) is 13.6 Å². The van der Waals surface area contributed by atoms with Gasteiger partial charge in [0.15, 0.2) is 0 Å². The summed E-state index contributed by atoms with van der Waals surface area (Å²) in [6, 6.07) is 11.2. The summed E-state index contributed by atoms with van der Waals surface area (Å²) in [5, 5.41) is 2.50. The second-order valence-corrected chi connectivity index (χ2v) is 6.30. The number of halogens is 2. The Morgan fingerprint density at radius 2 is 1.72 bits per heavy atom. The zero-order valence-electron chi connectivity index (χ0n) is 14.1. The maximum atomic E-state index is 13.6. The molecule has 2 aromatic carbocycles. The molecule has 132 valence electrons. The molecule has 1 saturated heterocycles.